The molecule has 0 saturated heterocycles. The van der Waals surface area contributed by atoms with Crippen molar-refractivity contribution in [2.75, 3.05) is 19.7 Å². The van der Waals surface area contributed by atoms with Gasteiger partial charge in [-0.25, -0.2) is 0 Å². The van der Waals surface area contributed by atoms with Crippen molar-refractivity contribution >= 4 is 0 Å². The number of hydrogen-bond donors (Lipinski definition) is 1. The Bertz CT molecular complexity index is 219. The molecule has 2 nitrogen and oxygen atoms in total. The lowest BCUT2D eigenvalue weighted by molar-refractivity contribution is 0.0421. The topological polar surface area (TPSA) is 21.3 Å². The Hall–Kier alpha value is -0.600. The van der Waals surface area contributed by atoms with Crippen LogP contribution in [0.25, 0.3) is 0 Å². The molecule has 0 unspecified atom stereocenters. The van der Waals surface area contributed by atoms with Crippen LogP contribution in [0.4, 0.5) is 0 Å². The quantitative estimate of drug-likeness (QED) is 0.651. The second-order valence-electron chi connectivity index (χ2n) is 4.49. The van der Waals surface area contributed by atoms with Crippen LogP contribution in [0.1, 0.15) is 27.2 Å². The summed E-state index contributed by atoms with van der Waals surface area (Å²) in [6, 6.07) is 0. The molecule has 15 heavy (non-hydrogen) atoms. The van der Waals surface area contributed by atoms with Gasteiger partial charge in [0.2, 0.25) is 0 Å². The highest BCUT2D eigenvalue weighted by Crippen LogP contribution is 2.26. The van der Waals surface area contributed by atoms with Crippen molar-refractivity contribution < 1.29 is 4.74 Å². The lowest BCUT2D eigenvalue weighted by Crippen LogP contribution is -2.35. The Kier molecular flexibility index (Phi) is 5.06. The smallest absolute Gasteiger partial charge is 0.0607 e. The van der Waals surface area contributed by atoms with Crippen molar-refractivity contribution in [3.05, 3.63) is 24.3 Å². The largest absolute Gasteiger partial charge is 0.378 e. The molecular formula is C13H23NO. The first kappa shape index (κ1) is 12.5. The average Bonchev–Trinajstić information content (AvgIpc) is 2.65. The van der Waals surface area contributed by atoms with Gasteiger partial charge in [-0.15, -0.1) is 0 Å². The van der Waals surface area contributed by atoms with E-state index < -0.39 is 0 Å². The molecular weight excluding hydrogens is 186 g/mol. The molecule has 1 aliphatic carbocycles. The molecule has 86 valence electrons. The van der Waals surface area contributed by atoms with Gasteiger partial charge >= 0.3 is 0 Å². The summed E-state index contributed by atoms with van der Waals surface area (Å²) < 4.78 is 5.72. The predicted molar refractivity (Wildman–Crippen MR) is 65.0 cm³/mol. The third kappa shape index (κ3) is 4.18. The van der Waals surface area contributed by atoms with E-state index >= 15 is 0 Å². The van der Waals surface area contributed by atoms with E-state index in [2.05, 4.69) is 50.4 Å². The monoisotopic (exact) mass is 209 g/mol. The van der Waals surface area contributed by atoms with Crippen molar-refractivity contribution in [1.82, 2.24) is 5.32 Å². The molecule has 0 amide bonds. The van der Waals surface area contributed by atoms with Crippen molar-refractivity contribution in [1.29, 1.82) is 0 Å². The number of allylic oxidation sites excluding steroid dienone is 2. The van der Waals surface area contributed by atoms with Crippen LogP contribution in [0.2, 0.25) is 0 Å². The predicted octanol–water partition coefficient (Wildman–Crippen LogP) is 2.52. The molecule has 0 aromatic carbocycles. The summed E-state index contributed by atoms with van der Waals surface area (Å²) in [4.78, 5) is 0. The molecule has 0 bridgehead atoms. The molecule has 0 spiro atoms. The van der Waals surface area contributed by atoms with Gasteiger partial charge in [-0.1, -0.05) is 31.2 Å². The van der Waals surface area contributed by atoms with Crippen molar-refractivity contribution in [2.24, 2.45) is 5.41 Å². The number of hydrogen-bond acceptors (Lipinski definition) is 2. The van der Waals surface area contributed by atoms with Crippen LogP contribution >= 0.6 is 0 Å². The third-order valence-corrected chi connectivity index (χ3v) is 2.53. The fraction of sp³-hybridized carbons (Fsp3) is 0.692. The highest BCUT2D eigenvalue weighted by atomic mass is 16.5. The molecule has 1 N–H and O–H groups in total. The summed E-state index contributed by atoms with van der Waals surface area (Å²) >= 11 is 0. The van der Waals surface area contributed by atoms with Crippen LogP contribution in [0.5, 0.6) is 0 Å². The molecule has 0 aromatic heterocycles. The molecule has 0 fully saturated rings. The summed E-state index contributed by atoms with van der Waals surface area (Å²) in [5.41, 5.74) is 0.0828. The highest BCUT2D eigenvalue weighted by Gasteiger charge is 2.26. The Morgan fingerprint density at radius 3 is 2.47 bits per heavy atom. The van der Waals surface area contributed by atoms with Gasteiger partial charge in [-0.2, -0.15) is 0 Å². The normalized spacial score (nSPS) is 17.9. The molecule has 0 saturated carbocycles. The van der Waals surface area contributed by atoms with Gasteiger partial charge in [-0.05, 0) is 26.8 Å². The number of rotatable bonds is 7. The fourth-order valence-electron chi connectivity index (χ4n) is 1.63. The zero-order chi connectivity index (χ0) is 11.1. The van der Waals surface area contributed by atoms with Gasteiger partial charge in [0.1, 0.15) is 0 Å². The van der Waals surface area contributed by atoms with E-state index in [9.17, 15) is 0 Å². The van der Waals surface area contributed by atoms with Crippen LogP contribution in [0, 0.1) is 5.41 Å². The SMILES string of the molecule is CCCNCC1(COC(C)C)C=CC=C1. The lowest BCUT2D eigenvalue weighted by atomic mass is 9.91. The summed E-state index contributed by atoms with van der Waals surface area (Å²) in [6.45, 7) is 9.16. The van der Waals surface area contributed by atoms with Gasteiger partial charge in [0.15, 0.2) is 0 Å². The second kappa shape index (κ2) is 6.09. The van der Waals surface area contributed by atoms with E-state index in [4.69, 9.17) is 4.74 Å². The molecule has 0 aliphatic heterocycles. The molecule has 1 rings (SSSR count). The molecule has 1 aliphatic rings. The van der Waals surface area contributed by atoms with Crippen molar-refractivity contribution in [2.45, 2.75) is 33.3 Å². The zero-order valence-electron chi connectivity index (χ0n) is 10.1. The maximum absolute atomic E-state index is 5.72. The van der Waals surface area contributed by atoms with E-state index in [0.29, 0.717) is 6.10 Å². The second-order valence-corrected chi connectivity index (χ2v) is 4.49. The van der Waals surface area contributed by atoms with Crippen LogP contribution < -0.4 is 5.32 Å². The number of ether oxygens (including phenoxy) is 1. The van der Waals surface area contributed by atoms with E-state index in [1.165, 1.54) is 6.42 Å². The molecule has 0 atom stereocenters. The summed E-state index contributed by atoms with van der Waals surface area (Å²) in [5.74, 6) is 0. The molecule has 0 heterocycles. The summed E-state index contributed by atoms with van der Waals surface area (Å²) in [5, 5.41) is 3.46. The van der Waals surface area contributed by atoms with Crippen molar-refractivity contribution in [3.63, 3.8) is 0 Å². The minimum absolute atomic E-state index is 0.0828. The average molecular weight is 209 g/mol. The number of nitrogens with one attached hydrogen (secondary N) is 1. The van der Waals surface area contributed by atoms with Crippen LogP contribution in [-0.2, 0) is 4.74 Å². The molecule has 0 aromatic rings. The van der Waals surface area contributed by atoms with E-state index in [-0.39, 0.29) is 5.41 Å². The van der Waals surface area contributed by atoms with Crippen LogP contribution in [-0.4, -0.2) is 25.8 Å². The van der Waals surface area contributed by atoms with E-state index in [1.807, 2.05) is 0 Å². The first-order valence-corrected chi connectivity index (χ1v) is 5.88. The standard InChI is InChI=1S/C13H23NO/c1-4-9-14-10-13(7-5-6-8-13)11-15-12(2)3/h5-8,12,14H,4,9-11H2,1-3H3. The van der Waals surface area contributed by atoms with E-state index in [1.54, 1.807) is 0 Å². The highest BCUT2D eigenvalue weighted by molar-refractivity contribution is 5.25. The van der Waals surface area contributed by atoms with E-state index in [0.717, 1.165) is 19.7 Å². The molecule has 0 radical (unpaired) electrons. The summed E-state index contributed by atoms with van der Waals surface area (Å²) in [6.07, 6.45) is 10.2. The Labute approximate surface area is 93.4 Å². The maximum Gasteiger partial charge on any atom is 0.0607 e. The summed E-state index contributed by atoms with van der Waals surface area (Å²) in [7, 11) is 0. The zero-order valence-corrected chi connectivity index (χ0v) is 10.1. The van der Waals surface area contributed by atoms with Gasteiger partial charge < -0.3 is 10.1 Å². The lowest BCUT2D eigenvalue weighted by Gasteiger charge is -2.26. The molecule has 2 heteroatoms. The van der Waals surface area contributed by atoms with Crippen molar-refractivity contribution in [3.8, 4) is 0 Å². The van der Waals surface area contributed by atoms with Gasteiger partial charge in [0, 0.05) is 12.0 Å². The fourth-order valence-corrected chi connectivity index (χ4v) is 1.63. The Morgan fingerprint density at radius 1 is 1.27 bits per heavy atom. The minimum atomic E-state index is 0.0828. The maximum atomic E-state index is 5.72. The van der Waals surface area contributed by atoms with Gasteiger partial charge in [0.25, 0.3) is 0 Å². The third-order valence-electron chi connectivity index (χ3n) is 2.53. The van der Waals surface area contributed by atoms with Gasteiger partial charge in [0.05, 0.1) is 12.7 Å². The Morgan fingerprint density at radius 2 is 1.93 bits per heavy atom. The Balaban J connectivity index is 2.41. The first-order chi connectivity index (χ1) is 7.18. The van der Waals surface area contributed by atoms with Crippen LogP contribution in [0.15, 0.2) is 24.3 Å². The van der Waals surface area contributed by atoms with Gasteiger partial charge in [-0.3, -0.25) is 0 Å². The van der Waals surface area contributed by atoms with Crippen LogP contribution in [0.3, 0.4) is 0 Å². The first-order valence-electron chi connectivity index (χ1n) is 5.88. The minimum Gasteiger partial charge on any atom is -0.378 e.